The van der Waals surface area contributed by atoms with Crippen molar-refractivity contribution in [2.24, 2.45) is 10.9 Å². The highest BCUT2D eigenvalue weighted by molar-refractivity contribution is 6.07. The summed E-state index contributed by atoms with van der Waals surface area (Å²) in [4.78, 5) is 2.48. The zero-order valence-corrected chi connectivity index (χ0v) is 8.74. The van der Waals surface area contributed by atoms with Crippen molar-refractivity contribution in [1.29, 1.82) is 0 Å². The lowest BCUT2D eigenvalue weighted by Gasteiger charge is -2.36. The summed E-state index contributed by atoms with van der Waals surface area (Å²) in [5.41, 5.74) is 5.16. The van der Waals surface area contributed by atoms with Crippen LogP contribution in [0.5, 0.6) is 0 Å². The molecule has 0 unspecified atom stereocenters. The summed E-state index contributed by atoms with van der Waals surface area (Å²) in [5.74, 6) is 5.44. The lowest BCUT2D eigenvalue weighted by molar-refractivity contribution is 0.688. The molecule has 78 valence electrons. The number of benzene rings is 1. The molecule has 0 atom stereocenters. The van der Waals surface area contributed by atoms with Crippen molar-refractivity contribution < 1.29 is 0 Å². The summed E-state index contributed by atoms with van der Waals surface area (Å²) >= 11 is 0. The Morgan fingerprint density at radius 2 is 2.13 bits per heavy atom. The Labute approximate surface area is 89.6 Å². The Balaban J connectivity index is 2.22. The average Bonchev–Trinajstić information content (AvgIpc) is 2.30. The summed E-state index contributed by atoms with van der Waals surface area (Å²) in [6.07, 6.45) is 3.44. The van der Waals surface area contributed by atoms with Crippen molar-refractivity contribution in [3.8, 4) is 0 Å². The standard InChI is InChI=1S/C12H15N3/c13-14-11-6-8-15-7-2-4-9-3-1-5-10(11)12(9)15/h1,3,5H,2,4,6-8,13H2. The monoisotopic (exact) mass is 201 g/mol. The molecule has 0 spiro atoms. The van der Waals surface area contributed by atoms with Crippen molar-refractivity contribution in [1.82, 2.24) is 0 Å². The van der Waals surface area contributed by atoms with Gasteiger partial charge in [-0.25, -0.2) is 0 Å². The molecule has 0 saturated carbocycles. The lowest BCUT2D eigenvalue weighted by atomic mass is 9.91. The quantitative estimate of drug-likeness (QED) is 0.510. The normalized spacial score (nSPS) is 21.6. The van der Waals surface area contributed by atoms with E-state index in [0.29, 0.717) is 0 Å². The van der Waals surface area contributed by atoms with Crippen LogP contribution in [0.1, 0.15) is 24.0 Å². The van der Waals surface area contributed by atoms with Gasteiger partial charge in [0.25, 0.3) is 0 Å². The maximum absolute atomic E-state index is 5.44. The van der Waals surface area contributed by atoms with Gasteiger partial charge in [-0.3, -0.25) is 0 Å². The second-order valence-electron chi connectivity index (χ2n) is 4.23. The highest BCUT2D eigenvalue weighted by atomic mass is 15.2. The van der Waals surface area contributed by atoms with Crippen LogP contribution in [-0.2, 0) is 6.42 Å². The van der Waals surface area contributed by atoms with Gasteiger partial charge in [0.15, 0.2) is 0 Å². The maximum Gasteiger partial charge on any atom is 0.0711 e. The second kappa shape index (κ2) is 3.26. The zero-order valence-electron chi connectivity index (χ0n) is 8.74. The molecule has 2 aliphatic heterocycles. The number of para-hydroxylation sites is 1. The predicted octanol–water partition coefficient (Wildman–Crippen LogP) is 1.51. The first-order valence-electron chi connectivity index (χ1n) is 5.54. The van der Waals surface area contributed by atoms with Crippen molar-refractivity contribution >= 4 is 11.4 Å². The van der Waals surface area contributed by atoms with Crippen LogP contribution in [0, 0.1) is 0 Å². The molecule has 2 N–H and O–H groups in total. The molecule has 1 aromatic carbocycles. The highest BCUT2D eigenvalue weighted by Crippen LogP contribution is 2.34. The number of nitrogens with zero attached hydrogens (tertiary/aromatic N) is 2. The Morgan fingerprint density at radius 1 is 1.20 bits per heavy atom. The van der Waals surface area contributed by atoms with Gasteiger partial charge in [-0.05, 0) is 18.4 Å². The molecule has 3 heteroatoms. The molecule has 0 radical (unpaired) electrons. The molecule has 2 heterocycles. The zero-order chi connectivity index (χ0) is 10.3. The van der Waals surface area contributed by atoms with Crippen molar-refractivity contribution in [2.75, 3.05) is 18.0 Å². The minimum Gasteiger partial charge on any atom is -0.370 e. The van der Waals surface area contributed by atoms with Crippen LogP contribution >= 0.6 is 0 Å². The molecule has 2 aliphatic rings. The molecule has 3 nitrogen and oxygen atoms in total. The summed E-state index contributed by atoms with van der Waals surface area (Å²) in [6.45, 7) is 2.25. The number of aryl methyl sites for hydroxylation is 1. The molecule has 0 aliphatic carbocycles. The van der Waals surface area contributed by atoms with E-state index < -0.39 is 0 Å². The molecule has 3 rings (SSSR count). The van der Waals surface area contributed by atoms with Crippen molar-refractivity contribution in [2.45, 2.75) is 19.3 Å². The number of hydrazone groups is 1. The first kappa shape index (κ1) is 8.77. The van der Waals surface area contributed by atoms with Gasteiger partial charge in [0, 0.05) is 30.8 Å². The first-order chi connectivity index (χ1) is 7.40. The van der Waals surface area contributed by atoms with E-state index >= 15 is 0 Å². The Kier molecular flexibility index (Phi) is 1.91. The fraction of sp³-hybridized carbons (Fsp3) is 0.417. The van der Waals surface area contributed by atoms with E-state index in [0.717, 1.165) is 18.7 Å². The topological polar surface area (TPSA) is 41.6 Å². The third kappa shape index (κ3) is 1.23. The van der Waals surface area contributed by atoms with E-state index in [1.165, 1.54) is 36.2 Å². The Bertz CT molecular complexity index is 423. The third-order valence-electron chi connectivity index (χ3n) is 3.40. The van der Waals surface area contributed by atoms with Crippen LogP contribution in [0.4, 0.5) is 5.69 Å². The van der Waals surface area contributed by atoms with Gasteiger partial charge in [0.1, 0.15) is 0 Å². The van der Waals surface area contributed by atoms with Crippen LogP contribution in [0.3, 0.4) is 0 Å². The van der Waals surface area contributed by atoms with Crippen LogP contribution in [-0.4, -0.2) is 18.8 Å². The van der Waals surface area contributed by atoms with E-state index in [9.17, 15) is 0 Å². The van der Waals surface area contributed by atoms with Gasteiger partial charge in [-0.15, -0.1) is 0 Å². The van der Waals surface area contributed by atoms with E-state index in [-0.39, 0.29) is 0 Å². The number of anilines is 1. The number of nitrogens with two attached hydrogens (primary N) is 1. The molecular formula is C12H15N3. The Hall–Kier alpha value is -1.51. The molecule has 15 heavy (non-hydrogen) atoms. The molecule has 0 saturated heterocycles. The van der Waals surface area contributed by atoms with Crippen LogP contribution in [0.2, 0.25) is 0 Å². The van der Waals surface area contributed by atoms with Gasteiger partial charge >= 0.3 is 0 Å². The van der Waals surface area contributed by atoms with Crippen LogP contribution < -0.4 is 10.7 Å². The van der Waals surface area contributed by atoms with E-state index in [2.05, 4.69) is 28.2 Å². The molecule has 0 fully saturated rings. The van der Waals surface area contributed by atoms with Gasteiger partial charge in [-0.2, -0.15) is 5.10 Å². The summed E-state index contributed by atoms with van der Waals surface area (Å²) < 4.78 is 0. The van der Waals surface area contributed by atoms with Gasteiger partial charge in [0.2, 0.25) is 0 Å². The summed E-state index contributed by atoms with van der Waals surface area (Å²) in [6, 6.07) is 6.49. The number of hydrogen-bond donors (Lipinski definition) is 1. The average molecular weight is 201 g/mol. The number of hydrogen-bond acceptors (Lipinski definition) is 3. The van der Waals surface area contributed by atoms with Crippen molar-refractivity contribution in [3.05, 3.63) is 29.3 Å². The predicted molar refractivity (Wildman–Crippen MR) is 62.3 cm³/mol. The minimum absolute atomic E-state index is 0.979. The van der Waals surface area contributed by atoms with Crippen LogP contribution in [0.25, 0.3) is 0 Å². The molecule has 0 aromatic heterocycles. The third-order valence-corrected chi connectivity index (χ3v) is 3.40. The summed E-state index contributed by atoms with van der Waals surface area (Å²) in [5, 5.41) is 3.91. The Morgan fingerprint density at radius 3 is 3.00 bits per heavy atom. The largest absolute Gasteiger partial charge is 0.370 e. The van der Waals surface area contributed by atoms with Crippen LogP contribution in [0.15, 0.2) is 23.3 Å². The lowest BCUT2D eigenvalue weighted by Crippen LogP contribution is -2.37. The maximum atomic E-state index is 5.44. The molecule has 0 amide bonds. The fourth-order valence-corrected chi connectivity index (χ4v) is 2.70. The molecule has 0 bridgehead atoms. The minimum atomic E-state index is 0.979. The molecular weight excluding hydrogens is 186 g/mol. The van der Waals surface area contributed by atoms with Crippen molar-refractivity contribution in [3.63, 3.8) is 0 Å². The van der Waals surface area contributed by atoms with E-state index in [1.807, 2.05) is 0 Å². The first-order valence-corrected chi connectivity index (χ1v) is 5.54. The summed E-state index contributed by atoms with van der Waals surface area (Å²) in [7, 11) is 0. The fourth-order valence-electron chi connectivity index (χ4n) is 2.70. The van der Waals surface area contributed by atoms with Gasteiger partial charge < -0.3 is 10.7 Å². The van der Waals surface area contributed by atoms with E-state index in [1.54, 1.807) is 0 Å². The number of rotatable bonds is 0. The van der Waals surface area contributed by atoms with E-state index in [4.69, 9.17) is 5.84 Å². The SMILES string of the molecule is NN=C1CCN2CCCc3cccc1c32. The smallest absolute Gasteiger partial charge is 0.0711 e. The van der Waals surface area contributed by atoms with Gasteiger partial charge in [-0.1, -0.05) is 18.2 Å². The highest BCUT2D eigenvalue weighted by Gasteiger charge is 2.26. The molecule has 1 aromatic rings. The second-order valence-corrected chi connectivity index (χ2v) is 4.23. The van der Waals surface area contributed by atoms with Gasteiger partial charge in [0.05, 0.1) is 5.71 Å².